The lowest BCUT2D eigenvalue weighted by molar-refractivity contribution is 0.0596. The second kappa shape index (κ2) is 8.42. The lowest BCUT2D eigenvalue weighted by Crippen LogP contribution is -2.56. The van der Waals surface area contributed by atoms with Crippen LogP contribution in [-0.2, 0) is 6.42 Å². The van der Waals surface area contributed by atoms with Crippen molar-refractivity contribution in [3.8, 4) is 17.2 Å². The van der Waals surface area contributed by atoms with Crippen LogP contribution < -0.4 is 4.74 Å². The van der Waals surface area contributed by atoms with E-state index in [0.717, 1.165) is 0 Å². The molecule has 0 saturated carbocycles. The molecule has 6 N–H and O–H groups in total. The molecule has 1 aliphatic rings. The van der Waals surface area contributed by atoms with Crippen LogP contribution in [0.15, 0.2) is 36.4 Å². The molecule has 29 heavy (non-hydrogen) atoms. The number of aromatic carboxylic acids is 1. The molecule has 2 aromatic carbocycles. The summed E-state index contributed by atoms with van der Waals surface area (Å²) in [6.07, 6.45) is -0.287. The van der Waals surface area contributed by atoms with Gasteiger partial charge in [0.05, 0.1) is 13.1 Å². The number of phenolic OH excluding ortho intramolecular Hbond substituents is 1. The Bertz CT molecular complexity index is 912. The molecule has 0 amide bonds. The summed E-state index contributed by atoms with van der Waals surface area (Å²) in [5.41, 5.74) is 0.551. The topological polar surface area (TPSA) is 155 Å². The van der Waals surface area contributed by atoms with Gasteiger partial charge in [0.1, 0.15) is 34.8 Å². The summed E-state index contributed by atoms with van der Waals surface area (Å²) in [5.74, 6) is -1.40. The van der Waals surface area contributed by atoms with Crippen LogP contribution in [0.3, 0.4) is 0 Å². The van der Waals surface area contributed by atoms with Crippen LogP contribution >= 0.6 is 0 Å². The number of ether oxygens (including phenoxy) is 1. The van der Waals surface area contributed by atoms with Crippen LogP contribution in [0.25, 0.3) is 0 Å². The van der Waals surface area contributed by atoms with Crippen molar-refractivity contribution in [2.75, 3.05) is 13.1 Å². The number of rotatable bonds is 7. The van der Waals surface area contributed by atoms with Crippen LogP contribution in [-0.4, -0.2) is 68.4 Å². The first kappa shape index (κ1) is 20.5. The smallest absolute Gasteiger partial charge is 0.451 e. The van der Waals surface area contributed by atoms with Gasteiger partial charge in [-0.3, -0.25) is 5.41 Å². The maximum Gasteiger partial charge on any atom is 0.451 e. The van der Waals surface area contributed by atoms with Crippen LogP contribution in [0.5, 0.6) is 17.2 Å². The molecule has 1 aliphatic heterocycles. The molecule has 0 bridgehead atoms. The van der Waals surface area contributed by atoms with Crippen LogP contribution in [0, 0.1) is 5.41 Å². The van der Waals surface area contributed by atoms with E-state index in [2.05, 4.69) is 0 Å². The molecule has 0 radical (unpaired) electrons. The first-order chi connectivity index (χ1) is 13.8. The van der Waals surface area contributed by atoms with Gasteiger partial charge in [-0.05, 0) is 48.6 Å². The highest BCUT2D eigenvalue weighted by Crippen LogP contribution is 2.34. The van der Waals surface area contributed by atoms with Crippen LogP contribution in [0.4, 0.5) is 0 Å². The van der Waals surface area contributed by atoms with Crippen molar-refractivity contribution in [2.24, 2.45) is 0 Å². The van der Waals surface area contributed by atoms with Gasteiger partial charge < -0.3 is 35.0 Å². The number of carbonyl (C=O) groups is 1. The number of phenols is 2. The zero-order valence-corrected chi connectivity index (χ0v) is 15.4. The molecule has 1 fully saturated rings. The Morgan fingerprint density at radius 3 is 2.38 bits per heavy atom. The van der Waals surface area contributed by atoms with E-state index in [1.807, 2.05) is 0 Å². The number of aromatic hydroxyl groups is 2. The van der Waals surface area contributed by atoms with Crippen molar-refractivity contribution in [1.82, 2.24) is 4.90 Å². The minimum absolute atomic E-state index is 0.0177. The zero-order chi connectivity index (χ0) is 21.1. The second-order valence-electron chi connectivity index (χ2n) is 6.81. The van der Waals surface area contributed by atoms with Gasteiger partial charge in [-0.15, -0.1) is 0 Å². The van der Waals surface area contributed by atoms with Crippen LogP contribution in [0.1, 0.15) is 21.5 Å². The van der Waals surface area contributed by atoms with Gasteiger partial charge in [-0.2, -0.15) is 0 Å². The normalized spacial score (nSPS) is 13.7. The minimum atomic E-state index is -1.55. The molecule has 0 aliphatic carbocycles. The molecular weight excluding hydrogens is 379 g/mol. The van der Waals surface area contributed by atoms with Crippen molar-refractivity contribution in [3.63, 3.8) is 0 Å². The SMILES string of the molecule is N=C(c1ccc(O)cc1)N1CC(Oc2ccc(CCB(O)O)c(O)c2C(=O)O)C1. The van der Waals surface area contributed by atoms with E-state index in [4.69, 9.17) is 20.2 Å². The quantitative estimate of drug-likeness (QED) is 0.228. The molecule has 0 unspecified atom stereocenters. The summed E-state index contributed by atoms with van der Waals surface area (Å²) in [6, 6.07) is 9.20. The fourth-order valence-corrected chi connectivity index (χ4v) is 3.08. The van der Waals surface area contributed by atoms with Gasteiger partial charge in [0.25, 0.3) is 0 Å². The van der Waals surface area contributed by atoms with Crippen molar-refractivity contribution in [2.45, 2.75) is 18.8 Å². The summed E-state index contributed by atoms with van der Waals surface area (Å²) in [5, 5.41) is 55.2. The van der Waals surface area contributed by atoms with Gasteiger partial charge in [-0.1, -0.05) is 6.07 Å². The number of amidine groups is 1. The van der Waals surface area contributed by atoms with Crippen molar-refractivity contribution in [3.05, 3.63) is 53.1 Å². The number of nitrogens with one attached hydrogen (secondary N) is 1. The highest BCUT2D eigenvalue weighted by atomic mass is 16.5. The Hall–Kier alpha value is -3.24. The summed E-state index contributed by atoms with van der Waals surface area (Å²) in [4.78, 5) is 13.3. The number of nitrogens with zero attached hydrogens (tertiary/aromatic N) is 1. The average Bonchev–Trinajstić information content (AvgIpc) is 2.63. The maximum atomic E-state index is 11.6. The predicted octanol–water partition coefficient (Wildman–Crippen LogP) is 0.900. The maximum absolute atomic E-state index is 11.6. The average molecular weight is 400 g/mol. The van der Waals surface area contributed by atoms with Crippen molar-refractivity contribution in [1.29, 1.82) is 5.41 Å². The lowest BCUT2D eigenvalue weighted by atomic mass is 9.82. The molecule has 3 rings (SSSR count). The third-order valence-electron chi connectivity index (χ3n) is 4.71. The van der Waals surface area contributed by atoms with E-state index >= 15 is 0 Å². The van der Waals surface area contributed by atoms with Gasteiger partial charge in [0.2, 0.25) is 0 Å². The number of carboxylic acids is 1. The Morgan fingerprint density at radius 2 is 1.79 bits per heavy atom. The zero-order valence-electron chi connectivity index (χ0n) is 15.4. The summed E-state index contributed by atoms with van der Waals surface area (Å²) < 4.78 is 5.72. The number of likely N-dealkylation sites (tertiary alicyclic amines) is 1. The molecule has 1 heterocycles. The van der Waals surface area contributed by atoms with Crippen LogP contribution in [0.2, 0.25) is 6.32 Å². The Kier molecular flexibility index (Phi) is 5.95. The molecule has 2 aromatic rings. The van der Waals surface area contributed by atoms with E-state index in [9.17, 15) is 20.1 Å². The third kappa shape index (κ3) is 4.61. The molecule has 0 aromatic heterocycles. The lowest BCUT2D eigenvalue weighted by Gasteiger charge is -2.40. The second-order valence-corrected chi connectivity index (χ2v) is 6.81. The molecular formula is C19H21BN2O7. The fraction of sp³-hybridized carbons (Fsp3) is 0.263. The Balaban J connectivity index is 1.66. The van der Waals surface area contributed by atoms with Crippen molar-refractivity contribution < 1.29 is 34.9 Å². The van der Waals surface area contributed by atoms with Gasteiger partial charge >= 0.3 is 13.1 Å². The predicted molar refractivity (Wildman–Crippen MR) is 105 cm³/mol. The van der Waals surface area contributed by atoms with E-state index in [1.54, 1.807) is 17.0 Å². The first-order valence-electron chi connectivity index (χ1n) is 9.00. The van der Waals surface area contributed by atoms with Crippen molar-refractivity contribution >= 4 is 18.9 Å². The number of hydrogen-bond donors (Lipinski definition) is 6. The molecule has 9 nitrogen and oxygen atoms in total. The monoisotopic (exact) mass is 400 g/mol. The van der Waals surface area contributed by atoms with E-state index in [1.165, 1.54) is 24.3 Å². The third-order valence-corrected chi connectivity index (χ3v) is 4.71. The number of carboxylic acid groups (broad SMARTS) is 1. The Morgan fingerprint density at radius 1 is 1.14 bits per heavy atom. The largest absolute Gasteiger partial charge is 0.508 e. The number of aryl methyl sites for hydroxylation is 1. The summed E-state index contributed by atoms with van der Waals surface area (Å²) in [7, 11) is -1.55. The summed E-state index contributed by atoms with van der Waals surface area (Å²) in [6.45, 7) is 0.746. The van der Waals surface area contributed by atoms with Gasteiger partial charge in [0, 0.05) is 5.56 Å². The number of benzene rings is 2. The van der Waals surface area contributed by atoms with E-state index < -0.39 is 18.8 Å². The number of hydrogen-bond acceptors (Lipinski definition) is 7. The van der Waals surface area contributed by atoms with Gasteiger partial charge in [0.15, 0.2) is 0 Å². The molecule has 152 valence electrons. The molecule has 0 spiro atoms. The first-order valence-corrected chi connectivity index (χ1v) is 9.00. The van der Waals surface area contributed by atoms with E-state index in [0.29, 0.717) is 18.7 Å². The van der Waals surface area contributed by atoms with Gasteiger partial charge in [-0.25, -0.2) is 4.79 Å². The fourth-order valence-electron chi connectivity index (χ4n) is 3.08. The highest BCUT2D eigenvalue weighted by Gasteiger charge is 2.32. The highest BCUT2D eigenvalue weighted by molar-refractivity contribution is 6.41. The molecule has 0 atom stereocenters. The Labute approximate surface area is 167 Å². The van der Waals surface area contributed by atoms with E-state index in [-0.39, 0.29) is 47.3 Å². The molecule has 10 heteroatoms. The molecule has 1 saturated heterocycles. The summed E-state index contributed by atoms with van der Waals surface area (Å²) >= 11 is 0. The minimum Gasteiger partial charge on any atom is -0.508 e. The standard InChI is InChI=1S/C19H21BN2O7/c21-18(12-1-4-13(23)5-2-12)22-9-14(10-22)29-15-6-3-11(7-8-20(27)28)17(24)16(15)19(25)26/h1-6,14,21,23-24,27-28H,7-10H2,(H,25,26).